The van der Waals surface area contributed by atoms with E-state index in [1.165, 1.54) is 0 Å². The minimum Gasteiger partial charge on any atom is -0.370 e. The van der Waals surface area contributed by atoms with Crippen LogP contribution in [0, 0.1) is 29.1 Å². The number of hydrogen-bond donors (Lipinski definition) is 8. The van der Waals surface area contributed by atoms with Crippen LogP contribution in [0.4, 0.5) is 0 Å². The predicted molar refractivity (Wildman–Crippen MR) is 168 cm³/mol. The maximum Gasteiger partial charge on any atom is 0.243 e. The third-order valence-corrected chi connectivity index (χ3v) is 6.78. The number of guanidine groups is 1. The van der Waals surface area contributed by atoms with Gasteiger partial charge < -0.3 is 43.8 Å². The SMILES string of the molecule is CC[C@H](C)[C@H](NC(=O)[C@H](CC(C)C)NC(=O)CC#N)C(=O)NCC(=O)N[C@@H](CCCN=C(N)N)C(=O)N[C@@H](CC(C)C)C(N)=O. The fraction of sp³-hybridized carbons (Fsp3) is 0.724. The molecule has 45 heavy (non-hydrogen) atoms. The Morgan fingerprint density at radius 3 is 1.82 bits per heavy atom. The summed E-state index contributed by atoms with van der Waals surface area (Å²) < 4.78 is 0. The van der Waals surface area contributed by atoms with E-state index >= 15 is 0 Å². The number of nitrogens with two attached hydrogens (primary N) is 3. The number of nitrogens with zero attached hydrogens (tertiary/aromatic N) is 2. The number of nitriles is 1. The maximum atomic E-state index is 13.2. The lowest BCUT2D eigenvalue weighted by Crippen LogP contribution is -2.57. The molecule has 0 rings (SSSR count). The van der Waals surface area contributed by atoms with Crippen LogP contribution >= 0.6 is 0 Å². The molecule has 6 amide bonds. The summed E-state index contributed by atoms with van der Waals surface area (Å²) in [6.45, 7) is 10.7. The van der Waals surface area contributed by atoms with Crippen molar-refractivity contribution in [2.24, 2.45) is 39.9 Å². The molecular formula is C29H52N10O6. The second-order valence-electron chi connectivity index (χ2n) is 11.8. The number of carbonyl (C=O) groups excluding carboxylic acids is 6. The highest BCUT2D eigenvalue weighted by Gasteiger charge is 2.31. The van der Waals surface area contributed by atoms with E-state index in [2.05, 4.69) is 31.6 Å². The van der Waals surface area contributed by atoms with Gasteiger partial charge in [0.05, 0.1) is 12.6 Å². The van der Waals surface area contributed by atoms with E-state index in [4.69, 9.17) is 22.5 Å². The van der Waals surface area contributed by atoms with Crippen LogP contribution in [0.15, 0.2) is 4.99 Å². The van der Waals surface area contributed by atoms with Crippen LogP contribution in [0.1, 0.15) is 80.1 Å². The van der Waals surface area contributed by atoms with Crippen LogP contribution in [0.3, 0.4) is 0 Å². The van der Waals surface area contributed by atoms with Crippen LogP contribution in [0.5, 0.6) is 0 Å². The molecule has 11 N–H and O–H groups in total. The van der Waals surface area contributed by atoms with Gasteiger partial charge in [0.1, 0.15) is 30.6 Å². The highest BCUT2D eigenvalue weighted by Crippen LogP contribution is 2.11. The van der Waals surface area contributed by atoms with Gasteiger partial charge >= 0.3 is 0 Å². The molecule has 0 radical (unpaired) electrons. The first-order valence-electron chi connectivity index (χ1n) is 15.2. The van der Waals surface area contributed by atoms with E-state index in [1.807, 2.05) is 34.6 Å². The zero-order valence-corrected chi connectivity index (χ0v) is 27.3. The molecule has 0 aliphatic rings. The molecule has 0 heterocycles. The molecule has 0 bridgehead atoms. The molecule has 16 heteroatoms. The molecule has 0 fully saturated rings. The van der Waals surface area contributed by atoms with Gasteiger partial charge in [0.25, 0.3) is 0 Å². The number of primary amides is 1. The van der Waals surface area contributed by atoms with Crippen molar-refractivity contribution in [1.82, 2.24) is 26.6 Å². The summed E-state index contributed by atoms with van der Waals surface area (Å²) in [5, 5.41) is 21.6. The standard InChI is InChI=1S/C29H52N10O6/c1-7-18(6)24(39-27(44)21(14-17(4)5)37-22(40)10-11-30)28(45)35-15-23(41)36-19(9-8-12-34-29(32)33)26(43)38-20(25(31)42)13-16(2)3/h16-21,24H,7-10,12-15H2,1-6H3,(H2,31,42)(H,35,45)(H,36,41)(H,37,40)(H,38,43)(H,39,44)(H4,32,33,34)/t18-,19-,20-,21-,24-/m0/s1. The van der Waals surface area contributed by atoms with Crippen LogP contribution in [-0.4, -0.2) is 78.7 Å². The number of hydrogen-bond acceptors (Lipinski definition) is 8. The molecule has 0 aromatic rings. The normalized spacial score (nSPS) is 14.1. The van der Waals surface area contributed by atoms with E-state index in [1.54, 1.807) is 13.0 Å². The number of nitrogens with one attached hydrogen (secondary N) is 5. The summed E-state index contributed by atoms with van der Waals surface area (Å²) in [6, 6.07) is -2.30. The Hall–Kier alpha value is -4.42. The van der Waals surface area contributed by atoms with Crippen LogP contribution in [0.25, 0.3) is 0 Å². The van der Waals surface area contributed by atoms with Crippen LogP contribution in [-0.2, 0) is 28.8 Å². The van der Waals surface area contributed by atoms with Gasteiger partial charge in [-0.15, -0.1) is 0 Å². The molecule has 0 saturated carbocycles. The Labute approximate surface area is 265 Å². The number of amides is 6. The number of carbonyl (C=O) groups is 6. The molecule has 0 aliphatic carbocycles. The van der Waals surface area contributed by atoms with Crippen molar-refractivity contribution in [2.75, 3.05) is 13.1 Å². The van der Waals surface area contributed by atoms with Gasteiger partial charge in [0, 0.05) is 6.54 Å². The third-order valence-electron chi connectivity index (χ3n) is 6.78. The average Bonchev–Trinajstić information content (AvgIpc) is 2.94. The summed E-state index contributed by atoms with van der Waals surface area (Å²) in [4.78, 5) is 80.0. The third kappa shape index (κ3) is 17.5. The lowest BCUT2D eigenvalue weighted by molar-refractivity contribution is -0.134. The van der Waals surface area contributed by atoms with Crippen molar-refractivity contribution in [1.29, 1.82) is 5.26 Å². The van der Waals surface area contributed by atoms with Crippen molar-refractivity contribution in [2.45, 2.75) is 104 Å². The summed E-state index contributed by atoms with van der Waals surface area (Å²) in [6.07, 6.45) is 1.11. The van der Waals surface area contributed by atoms with Gasteiger partial charge in [-0.05, 0) is 43.4 Å². The van der Waals surface area contributed by atoms with Gasteiger partial charge in [-0.2, -0.15) is 5.26 Å². The Bertz CT molecular complexity index is 1080. The Morgan fingerprint density at radius 1 is 0.756 bits per heavy atom. The van der Waals surface area contributed by atoms with Crippen molar-refractivity contribution in [3.63, 3.8) is 0 Å². The molecule has 254 valence electrons. The van der Waals surface area contributed by atoms with Gasteiger partial charge in [0.2, 0.25) is 35.4 Å². The fourth-order valence-electron chi connectivity index (χ4n) is 4.26. The van der Waals surface area contributed by atoms with Gasteiger partial charge in [-0.25, -0.2) is 0 Å². The first-order valence-corrected chi connectivity index (χ1v) is 15.2. The maximum absolute atomic E-state index is 13.2. The highest BCUT2D eigenvalue weighted by molar-refractivity contribution is 5.95. The zero-order chi connectivity index (χ0) is 34.7. The molecule has 0 aliphatic heterocycles. The van der Waals surface area contributed by atoms with Gasteiger partial charge in [-0.1, -0.05) is 48.0 Å². The smallest absolute Gasteiger partial charge is 0.243 e. The fourth-order valence-corrected chi connectivity index (χ4v) is 4.26. The van der Waals surface area contributed by atoms with Crippen LogP contribution in [0.2, 0.25) is 0 Å². The topological polar surface area (TPSA) is 277 Å². The van der Waals surface area contributed by atoms with E-state index in [-0.39, 0.29) is 43.1 Å². The second-order valence-corrected chi connectivity index (χ2v) is 11.8. The molecule has 0 spiro atoms. The van der Waals surface area contributed by atoms with Crippen LogP contribution < -0.4 is 43.8 Å². The molecule has 0 unspecified atom stereocenters. The quantitative estimate of drug-likeness (QED) is 0.0419. The van der Waals surface area contributed by atoms with E-state index < -0.39 is 72.6 Å². The summed E-state index contributed by atoms with van der Waals surface area (Å²) in [7, 11) is 0. The summed E-state index contributed by atoms with van der Waals surface area (Å²) in [5.74, 6) is -4.28. The Kier molecular flexibility index (Phi) is 19.2. The van der Waals surface area contributed by atoms with E-state index in [0.29, 0.717) is 19.3 Å². The van der Waals surface area contributed by atoms with Crippen molar-refractivity contribution in [3.8, 4) is 6.07 Å². The Balaban J connectivity index is 5.62. The average molecular weight is 637 g/mol. The lowest BCUT2D eigenvalue weighted by atomic mass is 9.96. The molecule has 5 atom stereocenters. The van der Waals surface area contributed by atoms with E-state index in [9.17, 15) is 28.8 Å². The monoisotopic (exact) mass is 636 g/mol. The summed E-state index contributed by atoms with van der Waals surface area (Å²) >= 11 is 0. The van der Waals surface area contributed by atoms with Crippen molar-refractivity contribution >= 4 is 41.4 Å². The summed E-state index contributed by atoms with van der Waals surface area (Å²) in [5.41, 5.74) is 16.2. The predicted octanol–water partition coefficient (Wildman–Crippen LogP) is -1.37. The lowest BCUT2D eigenvalue weighted by Gasteiger charge is -2.27. The van der Waals surface area contributed by atoms with Gasteiger partial charge in [-0.3, -0.25) is 33.8 Å². The largest absolute Gasteiger partial charge is 0.370 e. The number of aliphatic imine (C=N–C) groups is 1. The van der Waals surface area contributed by atoms with E-state index in [0.717, 1.165) is 0 Å². The molecule has 0 aromatic carbocycles. The van der Waals surface area contributed by atoms with Crippen molar-refractivity contribution in [3.05, 3.63) is 0 Å². The van der Waals surface area contributed by atoms with Crippen molar-refractivity contribution < 1.29 is 28.8 Å². The zero-order valence-electron chi connectivity index (χ0n) is 27.3. The highest BCUT2D eigenvalue weighted by atomic mass is 16.2. The minimum atomic E-state index is -1.09. The first kappa shape index (κ1) is 40.6. The molecule has 16 nitrogen and oxygen atoms in total. The molecule has 0 saturated heterocycles. The molecular weight excluding hydrogens is 584 g/mol. The first-order chi connectivity index (χ1) is 21.0. The van der Waals surface area contributed by atoms with Gasteiger partial charge in [0.15, 0.2) is 5.96 Å². The second kappa shape index (κ2) is 21.3. The number of rotatable bonds is 21. The molecule has 0 aromatic heterocycles. The Morgan fingerprint density at radius 2 is 1.31 bits per heavy atom. The minimum absolute atomic E-state index is 0.0240.